The van der Waals surface area contributed by atoms with Crippen LogP contribution in [0, 0.1) is 0 Å². The molecule has 6 nitrogen and oxygen atoms in total. The predicted octanol–water partition coefficient (Wildman–Crippen LogP) is 6.90. The van der Waals surface area contributed by atoms with Crippen molar-refractivity contribution in [3.05, 3.63) is 90.0 Å². The number of hydrogen-bond acceptors (Lipinski definition) is 7. The van der Waals surface area contributed by atoms with Crippen molar-refractivity contribution >= 4 is 17.4 Å². The molecular formula is C28H28N4O2S. The molecule has 3 aromatic carbocycles. The van der Waals surface area contributed by atoms with Crippen molar-refractivity contribution in [1.29, 1.82) is 0 Å². The maximum absolute atomic E-state index is 6.47. The van der Waals surface area contributed by atoms with Gasteiger partial charge in [0.15, 0.2) is 5.69 Å². The Bertz CT molecular complexity index is 1270. The van der Waals surface area contributed by atoms with E-state index in [0.29, 0.717) is 23.3 Å². The molecule has 1 aliphatic heterocycles. The number of para-hydroxylation sites is 2. The monoisotopic (exact) mass is 484 g/mol. The first kappa shape index (κ1) is 23.2. The minimum absolute atomic E-state index is 0.471. The molecule has 0 fully saturated rings. The number of rotatable bonds is 9. The van der Waals surface area contributed by atoms with Crippen LogP contribution in [0.4, 0.5) is 5.69 Å². The molecule has 1 unspecified atom stereocenters. The quantitative estimate of drug-likeness (QED) is 0.205. The molecule has 0 saturated carbocycles. The highest BCUT2D eigenvalue weighted by molar-refractivity contribution is 7.99. The summed E-state index contributed by atoms with van der Waals surface area (Å²) in [4.78, 5) is 4.76. The van der Waals surface area contributed by atoms with Gasteiger partial charge in [0.05, 0.1) is 5.56 Å². The van der Waals surface area contributed by atoms with Gasteiger partial charge in [-0.1, -0.05) is 92.2 Å². The van der Waals surface area contributed by atoms with Crippen molar-refractivity contribution in [3.63, 3.8) is 0 Å². The Balaban J connectivity index is 1.45. The number of hydrogen-bond donors (Lipinski definition) is 1. The van der Waals surface area contributed by atoms with Crippen molar-refractivity contribution in [1.82, 2.24) is 15.2 Å². The van der Waals surface area contributed by atoms with E-state index in [1.165, 1.54) is 12.8 Å². The van der Waals surface area contributed by atoms with Gasteiger partial charge in [-0.25, -0.2) is 0 Å². The molecule has 1 aromatic heterocycles. The van der Waals surface area contributed by atoms with Crippen molar-refractivity contribution < 1.29 is 9.47 Å². The van der Waals surface area contributed by atoms with Gasteiger partial charge in [0, 0.05) is 17.0 Å². The van der Waals surface area contributed by atoms with E-state index in [1.54, 1.807) is 11.8 Å². The highest BCUT2D eigenvalue weighted by Crippen LogP contribution is 2.41. The van der Waals surface area contributed by atoms with Crippen LogP contribution in [0.15, 0.2) is 84.0 Å². The fraction of sp³-hybridized carbons (Fsp3) is 0.250. The first-order valence-electron chi connectivity index (χ1n) is 12.0. The molecule has 178 valence electrons. The number of benzene rings is 3. The lowest BCUT2D eigenvalue weighted by molar-refractivity contribution is 0.214. The topological polar surface area (TPSA) is 69.2 Å². The van der Waals surface area contributed by atoms with Crippen molar-refractivity contribution in [2.75, 3.05) is 11.1 Å². The molecule has 0 saturated heterocycles. The molecule has 35 heavy (non-hydrogen) atoms. The second kappa shape index (κ2) is 11.2. The van der Waals surface area contributed by atoms with E-state index >= 15 is 0 Å². The zero-order valence-electron chi connectivity index (χ0n) is 19.7. The minimum atomic E-state index is -0.501. The van der Waals surface area contributed by atoms with E-state index < -0.39 is 6.23 Å². The average Bonchev–Trinajstić information content (AvgIpc) is 3.07. The summed E-state index contributed by atoms with van der Waals surface area (Å²) in [5.74, 6) is 2.19. The van der Waals surface area contributed by atoms with Gasteiger partial charge in [0.2, 0.25) is 17.3 Å². The zero-order valence-corrected chi connectivity index (χ0v) is 20.5. The average molecular weight is 485 g/mol. The van der Waals surface area contributed by atoms with E-state index in [-0.39, 0.29) is 0 Å². The molecule has 0 aliphatic carbocycles. The van der Waals surface area contributed by atoms with Crippen LogP contribution >= 0.6 is 11.8 Å². The number of unbranched alkanes of at least 4 members (excludes halogenated alkanes) is 2. The Hall–Kier alpha value is -3.58. The molecule has 1 aliphatic rings. The third-order valence-corrected chi connectivity index (χ3v) is 6.68. The summed E-state index contributed by atoms with van der Waals surface area (Å²) in [6.45, 7) is 2.67. The standard InChI is InChI=1S/C28H28N4O2S/c1-2-3-11-18-35-28-30-27-25(31-32-28)21-14-7-9-16-23(21)29-26(34-27)22-15-8-10-17-24(22)33-19-20-12-5-4-6-13-20/h4-10,12-17,26,29H,2-3,11,18-19H2,1H3. The summed E-state index contributed by atoms with van der Waals surface area (Å²) in [6.07, 6.45) is 3.00. The van der Waals surface area contributed by atoms with Crippen LogP contribution in [0.3, 0.4) is 0 Å². The maximum atomic E-state index is 6.47. The van der Waals surface area contributed by atoms with Gasteiger partial charge >= 0.3 is 0 Å². The molecule has 0 radical (unpaired) electrons. The van der Waals surface area contributed by atoms with Gasteiger partial charge in [-0.3, -0.25) is 0 Å². The van der Waals surface area contributed by atoms with E-state index in [1.807, 2.05) is 66.7 Å². The smallest absolute Gasteiger partial charge is 0.247 e. The zero-order chi connectivity index (χ0) is 23.9. The fourth-order valence-electron chi connectivity index (χ4n) is 3.93. The second-order valence-corrected chi connectivity index (χ2v) is 9.37. The highest BCUT2D eigenvalue weighted by atomic mass is 32.2. The lowest BCUT2D eigenvalue weighted by Crippen LogP contribution is -2.18. The van der Waals surface area contributed by atoms with E-state index in [9.17, 15) is 0 Å². The maximum Gasteiger partial charge on any atom is 0.247 e. The molecule has 0 bridgehead atoms. The normalized spacial score (nSPS) is 14.1. The summed E-state index contributed by atoms with van der Waals surface area (Å²) in [5.41, 5.74) is 4.45. The van der Waals surface area contributed by atoms with Crippen LogP contribution in [-0.2, 0) is 6.61 Å². The number of aromatic nitrogens is 3. The van der Waals surface area contributed by atoms with Crippen LogP contribution in [0.2, 0.25) is 0 Å². The van der Waals surface area contributed by atoms with E-state index in [0.717, 1.165) is 40.3 Å². The molecule has 0 amide bonds. The Kier molecular flexibility index (Phi) is 7.44. The number of anilines is 1. The SMILES string of the molecule is CCCCCSc1nnc2c(n1)OC(c1ccccc1OCc1ccccc1)Nc1ccccc1-2. The third kappa shape index (κ3) is 5.57. The van der Waals surface area contributed by atoms with Crippen molar-refractivity contribution in [2.24, 2.45) is 0 Å². The largest absolute Gasteiger partial charge is 0.488 e. The summed E-state index contributed by atoms with van der Waals surface area (Å²) in [5, 5.41) is 13.0. The Morgan fingerprint density at radius 1 is 0.914 bits per heavy atom. The van der Waals surface area contributed by atoms with Gasteiger partial charge < -0.3 is 14.8 Å². The van der Waals surface area contributed by atoms with Crippen LogP contribution in [0.1, 0.15) is 43.5 Å². The van der Waals surface area contributed by atoms with Crippen molar-refractivity contribution in [3.8, 4) is 22.9 Å². The molecular weight excluding hydrogens is 456 g/mol. The second-order valence-electron chi connectivity index (χ2n) is 8.30. The summed E-state index contributed by atoms with van der Waals surface area (Å²) < 4.78 is 12.7. The molecule has 1 N–H and O–H groups in total. The lowest BCUT2D eigenvalue weighted by atomic mass is 10.1. The summed E-state index contributed by atoms with van der Waals surface area (Å²) >= 11 is 1.62. The van der Waals surface area contributed by atoms with Gasteiger partial charge in [0.25, 0.3) is 0 Å². The van der Waals surface area contributed by atoms with Crippen LogP contribution in [-0.4, -0.2) is 20.9 Å². The fourth-order valence-corrected chi connectivity index (χ4v) is 4.71. The highest BCUT2D eigenvalue weighted by Gasteiger charge is 2.27. The lowest BCUT2D eigenvalue weighted by Gasteiger charge is -2.22. The van der Waals surface area contributed by atoms with Crippen LogP contribution < -0.4 is 14.8 Å². The number of nitrogens with one attached hydrogen (secondary N) is 1. The van der Waals surface area contributed by atoms with Crippen LogP contribution in [0.5, 0.6) is 11.6 Å². The molecule has 7 heteroatoms. The minimum Gasteiger partial charge on any atom is -0.488 e. The number of ether oxygens (including phenoxy) is 2. The third-order valence-electron chi connectivity index (χ3n) is 5.75. The first-order chi connectivity index (χ1) is 17.3. The Labute approximate surface area is 210 Å². The van der Waals surface area contributed by atoms with Gasteiger partial charge in [-0.05, 0) is 30.2 Å². The van der Waals surface area contributed by atoms with Crippen molar-refractivity contribution in [2.45, 2.75) is 44.2 Å². The van der Waals surface area contributed by atoms with Gasteiger partial charge in [-0.2, -0.15) is 4.98 Å². The van der Waals surface area contributed by atoms with E-state index in [2.05, 4.69) is 34.6 Å². The summed E-state index contributed by atoms with van der Waals surface area (Å²) in [6, 6.07) is 26.1. The van der Waals surface area contributed by atoms with Crippen LogP contribution in [0.25, 0.3) is 11.3 Å². The molecule has 5 rings (SSSR count). The molecule has 0 spiro atoms. The van der Waals surface area contributed by atoms with Gasteiger partial charge in [0.1, 0.15) is 12.4 Å². The first-order valence-corrected chi connectivity index (χ1v) is 13.0. The number of fused-ring (bicyclic) bond motifs is 3. The predicted molar refractivity (Wildman–Crippen MR) is 140 cm³/mol. The number of nitrogens with zero attached hydrogens (tertiary/aromatic N) is 3. The van der Waals surface area contributed by atoms with Gasteiger partial charge in [-0.15, -0.1) is 10.2 Å². The molecule has 2 heterocycles. The molecule has 4 aromatic rings. The van der Waals surface area contributed by atoms with E-state index in [4.69, 9.17) is 14.5 Å². The molecule has 1 atom stereocenters. The Morgan fingerprint density at radius 3 is 2.60 bits per heavy atom. The summed E-state index contributed by atoms with van der Waals surface area (Å²) in [7, 11) is 0. The number of thioether (sulfide) groups is 1. The Morgan fingerprint density at radius 2 is 1.71 bits per heavy atom.